The highest BCUT2D eigenvalue weighted by molar-refractivity contribution is 5.98. The Balaban J connectivity index is 1.69. The second-order valence-electron chi connectivity index (χ2n) is 7.09. The van der Waals surface area contributed by atoms with Gasteiger partial charge in [-0.2, -0.15) is 5.10 Å². The minimum absolute atomic E-state index is 0.382. The fourth-order valence-electron chi connectivity index (χ4n) is 3.05. The van der Waals surface area contributed by atoms with Gasteiger partial charge >= 0.3 is 5.97 Å². The van der Waals surface area contributed by atoms with Crippen molar-refractivity contribution >= 4 is 17.6 Å². The van der Waals surface area contributed by atoms with Crippen LogP contribution in [0.3, 0.4) is 0 Å². The second kappa shape index (κ2) is 8.73. The normalized spacial score (nSPS) is 11.7. The van der Waals surface area contributed by atoms with Crippen LogP contribution in [-0.4, -0.2) is 27.8 Å². The highest BCUT2D eigenvalue weighted by Crippen LogP contribution is 2.17. The Kier molecular flexibility index (Phi) is 6.12. The molecule has 0 bridgehead atoms. The van der Waals surface area contributed by atoms with Crippen LogP contribution in [0.1, 0.15) is 39.8 Å². The Bertz CT molecular complexity index is 1010. The van der Waals surface area contributed by atoms with Gasteiger partial charge in [0, 0.05) is 5.69 Å². The van der Waals surface area contributed by atoms with Gasteiger partial charge in [-0.05, 0) is 45.4 Å². The fraction of sp³-hybridized carbons (Fsp3) is 0.261. The first-order valence-corrected chi connectivity index (χ1v) is 9.51. The molecule has 1 amide bonds. The van der Waals surface area contributed by atoms with Crippen LogP contribution in [0.25, 0.3) is 0 Å². The van der Waals surface area contributed by atoms with Crippen LogP contribution in [0, 0.1) is 20.8 Å². The average Bonchev–Trinajstić information content (AvgIpc) is 2.97. The molecule has 3 rings (SSSR count). The molecule has 150 valence electrons. The van der Waals surface area contributed by atoms with Crippen molar-refractivity contribution in [1.82, 2.24) is 9.78 Å². The smallest absolute Gasteiger partial charge is 0.342 e. The van der Waals surface area contributed by atoms with Crippen molar-refractivity contribution in [2.45, 2.75) is 40.3 Å². The predicted molar refractivity (Wildman–Crippen MR) is 112 cm³/mol. The summed E-state index contributed by atoms with van der Waals surface area (Å²) in [5, 5.41) is 7.22. The summed E-state index contributed by atoms with van der Waals surface area (Å²) < 4.78 is 7.19. The number of esters is 1. The van der Waals surface area contributed by atoms with Crippen LogP contribution in [0.2, 0.25) is 0 Å². The number of amides is 1. The summed E-state index contributed by atoms with van der Waals surface area (Å²) in [5.41, 5.74) is 4.63. The number of carbonyl (C=O) groups is 2. The molecule has 1 aromatic heterocycles. The maximum atomic E-state index is 12.7. The molecule has 2 aromatic carbocycles. The van der Waals surface area contributed by atoms with Gasteiger partial charge in [0.15, 0.2) is 6.10 Å². The van der Waals surface area contributed by atoms with Crippen molar-refractivity contribution in [2.24, 2.45) is 0 Å². The first-order valence-electron chi connectivity index (χ1n) is 9.51. The number of hydrogen-bond acceptors (Lipinski definition) is 4. The molecule has 3 aromatic rings. The molecule has 6 nitrogen and oxygen atoms in total. The Morgan fingerprint density at radius 1 is 1.03 bits per heavy atom. The number of carbonyl (C=O) groups excluding carboxylic acids is 2. The first-order chi connectivity index (χ1) is 13.8. The van der Waals surface area contributed by atoms with Gasteiger partial charge < -0.3 is 10.1 Å². The molecule has 0 fully saturated rings. The summed E-state index contributed by atoms with van der Waals surface area (Å²) in [6, 6.07) is 17.2. The lowest BCUT2D eigenvalue weighted by molar-refractivity contribution is -0.123. The zero-order valence-electron chi connectivity index (χ0n) is 17.1. The maximum Gasteiger partial charge on any atom is 0.342 e. The van der Waals surface area contributed by atoms with Gasteiger partial charge in [-0.3, -0.25) is 9.48 Å². The van der Waals surface area contributed by atoms with Gasteiger partial charge in [-0.25, -0.2) is 4.79 Å². The van der Waals surface area contributed by atoms with Gasteiger partial charge in [-0.15, -0.1) is 0 Å². The van der Waals surface area contributed by atoms with E-state index in [2.05, 4.69) is 10.4 Å². The van der Waals surface area contributed by atoms with Gasteiger partial charge in [0.25, 0.3) is 5.91 Å². The summed E-state index contributed by atoms with van der Waals surface area (Å²) in [6.07, 6.45) is -0.929. The third kappa shape index (κ3) is 4.90. The van der Waals surface area contributed by atoms with Gasteiger partial charge in [0.05, 0.1) is 17.9 Å². The van der Waals surface area contributed by atoms with Crippen molar-refractivity contribution in [3.63, 3.8) is 0 Å². The van der Waals surface area contributed by atoms with E-state index in [0.717, 1.165) is 5.56 Å². The van der Waals surface area contributed by atoms with Crippen LogP contribution >= 0.6 is 0 Å². The van der Waals surface area contributed by atoms with Crippen molar-refractivity contribution in [2.75, 3.05) is 5.32 Å². The highest BCUT2D eigenvalue weighted by Gasteiger charge is 2.24. The van der Waals surface area contributed by atoms with Crippen molar-refractivity contribution in [3.05, 3.63) is 82.7 Å². The molecule has 1 atom stereocenters. The number of benzene rings is 2. The van der Waals surface area contributed by atoms with E-state index < -0.39 is 12.1 Å². The third-order valence-corrected chi connectivity index (χ3v) is 4.73. The van der Waals surface area contributed by atoms with Crippen LogP contribution in [0.15, 0.2) is 54.6 Å². The molecule has 0 aliphatic heterocycles. The fourth-order valence-corrected chi connectivity index (χ4v) is 3.05. The standard InChI is InChI=1S/C23H25N3O3/c1-15-10-12-19(13-11-15)14-26-17(3)21(16(2)25-26)23(28)29-18(4)22(27)24-20-8-6-5-7-9-20/h5-13,18H,14H2,1-4H3,(H,24,27)/t18-/m1/s1. The molecule has 0 radical (unpaired) electrons. The van der Waals surface area contributed by atoms with E-state index in [0.29, 0.717) is 29.2 Å². The van der Waals surface area contributed by atoms with E-state index >= 15 is 0 Å². The molecule has 0 aliphatic rings. The Labute approximate surface area is 170 Å². The number of aromatic nitrogens is 2. The molecular formula is C23H25N3O3. The van der Waals surface area contributed by atoms with Crippen LogP contribution < -0.4 is 5.32 Å². The molecule has 29 heavy (non-hydrogen) atoms. The van der Waals surface area contributed by atoms with E-state index in [-0.39, 0.29) is 5.91 Å². The van der Waals surface area contributed by atoms with E-state index in [1.54, 1.807) is 30.7 Å². The topological polar surface area (TPSA) is 73.2 Å². The van der Waals surface area contributed by atoms with Gasteiger partial charge in [-0.1, -0.05) is 48.0 Å². The molecule has 1 heterocycles. The van der Waals surface area contributed by atoms with Crippen molar-refractivity contribution in [1.29, 1.82) is 0 Å². The van der Waals surface area contributed by atoms with Gasteiger partial charge in [0.2, 0.25) is 0 Å². The first kappa shape index (κ1) is 20.3. The van der Waals surface area contributed by atoms with E-state index in [9.17, 15) is 9.59 Å². The zero-order chi connectivity index (χ0) is 21.0. The molecule has 0 spiro atoms. The number of para-hydroxylation sites is 1. The summed E-state index contributed by atoms with van der Waals surface area (Å²) >= 11 is 0. The number of rotatable bonds is 6. The summed E-state index contributed by atoms with van der Waals surface area (Å²) in [4.78, 5) is 25.0. The minimum Gasteiger partial charge on any atom is -0.449 e. The van der Waals surface area contributed by atoms with E-state index in [1.165, 1.54) is 5.56 Å². The van der Waals surface area contributed by atoms with Crippen LogP contribution in [0.5, 0.6) is 0 Å². The molecule has 0 saturated heterocycles. The van der Waals surface area contributed by atoms with Crippen LogP contribution in [0.4, 0.5) is 5.69 Å². The Morgan fingerprint density at radius 2 is 1.69 bits per heavy atom. The van der Waals surface area contributed by atoms with E-state index in [4.69, 9.17) is 4.74 Å². The number of anilines is 1. The third-order valence-electron chi connectivity index (χ3n) is 4.73. The van der Waals surface area contributed by atoms with Crippen molar-refractivity contribution < 1.29 is 14.3 Å². The van der Waals surface area contributed by atoms with Crippen LogP contribution in [-0.2, 0) is 16.1 Å². The quantitative estimate of drug-likeness (QED) is 0.644. The van der Waals surface area contributed by atoms with Gasteiger partial charge in [0.1, 0.15) is 5.56 Å². The average molecular weight is 391 g/mol. The maximum absolute atomic E-state index is 12.7. The minimum atomic E-state index is -0.929. The number of hydrogen-bond donors (Lipinski definition) is 1. The monoisotopic (exact) mass is 391 g/mol. The summed E-state index contributed by atoms with van der Waals surface area (Å²) in [5.74, 6) is -0.933. The lowest BCUT2D eigenvalue weighted by Crippen LogP contribution is -2.30. The van der Waals surface area contributed by atoms with Crippen molar-refractivity contribution in [3.8, 4) is 0 Å². The second-order valence-corrected chi connectivity index (χ2v) is 7.09. The highest BCUT2D eigenvalue weighted by atomic mass is 16.5. The molecule has 0 saturated carbocycles. The molecular weight excluding hydrogens is 366 g/mol. The lowest BCUT2D eigenvalue weighted by Gasteiger charge is -2.14. The zero-order valence-corrected chi connectivity index (χ0v) is 17.1. The number of nitrogens with one attached hydrogen (secondary N) is 1. The Hall–Kier alpha value is -3.41. The molecule has 0 unspecified atom stereocenters. The van der Waals surface area contributed by atoms with E-state index in [1.807, 2.05) is 56.3 Å². The SMILES string of the molecule is Cc1ccc(Cn2nc(C)c(C(=O)O[C@H](C)C(=O)Nc3ccccc3)c2C)cc1. The molecule has 1 N–H and O–H groups in total. The Morgan fingerprint density at radius 3 is 2.34 bits per heavy atom. The summed E-state index contributed by atoms with van der Waals surface area (Å²) in [6.45, 7) is 7.75. The number of nitrogens with zero attached hydrogens (tertiary/aromatic N) is 2. The lowest BCUT2D eigenvalue weighted by atomic mass is 10.1. The largest absolute Gasteiger partial charge is 0.449 e. The molecule has 6 heteroatoms. The number of aryl methyl sites for hydroxylation is 2. The summed E-state index contributed by atoms with van der Waals surface area (Å²) in [7, 11) is 0. The molecule has 0 aliphatic carbocycles. The predicted octanol–water partition coefficient (Wildman–Crippen LogP) is 4.04. The number of ether oxygens (including phenoxy) is 1.